The number of hydrogen-bond donors (Lipinski definition) is 2. The van der Waals surface area contributed by atoms with Crippen LogP contribution in [0.1, 0.15) is 11.4 Å². The number of nitrogens with zero attached hydrogens (tertiary/aromatic N) is 3. The van der Waals surface area contributed by atoms with Gasteiger partial charge in [0.15, 0.2) is 0 Å². The Kier molecular flexibility index (Phi) is 3.69. The van der Waals surface area contributed by atoms with Gasteiger partial charge in [-0.25, -0.2) is 4.98 Å². The number of aromatic amines is 1. The summed E-state index contributed by atoms with van der Waals surface area (Å²) < 4.78 is 32.8. The first-order chi connectivity index (χ1) is 10.00. The Morgan fingerprint density at radius 3 is 2.81 bits per heavy atom. The molecular weight excluding hydrogens is 300 g/mol. The summed E-state index contributed by atoms with van der Waals surface area (Å²) in [7, 11) is -3.84. The molecule has 1 atom stereocenters. The van der Waals surface area contributed by atoms with E-state index in [1.165, 1.54) is 10.6 Å². The fourth-order valence-corrected chi connectivity index (χ4v) is 4.28. The predicted octanol–water partition coefficient (Wildman–Crippen LogP) is -1.20. The van der Waals surface area contributed by atoms with E-state index in [2.05, 4.69) is 9.97 Å². The largest absolute Gasteiger partial charge is 0.480 e. The van der Waals surface area contributed by atoms with Gasteiger partial charge in [-0.2, -0.15) is 17.0 Å². The molecule has 0 aliphatic carbocycles. The number of carbonyl (C=O) groups is 1. The third kappa shape index (κ3) is 2.55. The Morgan fingerprint density at radius 2 is 2.14 bits per heavy atom. The normalized spacial score (nSPS) is 24.7. The summed E-state index contributed by atoms with van der Waals surface area (Å²) in [5.74, 6) is -1.17. The molecule has 1 saturated heterocycles. The van der Waals surface area contributed by atoms with Gasteiger partial charge in [-0.05, 0) is 0 Å². The van der Waals surface area contributed by atoms with Crippen molar-refractivity contribution in [2.24, 2.45) is 0 Å². The molecule has 1 unspecified atom stereocenters. The van der Waals surface area contributed by atoms with Crippen LogP contribution >= 0.6 is 0 Å². The summed E-state index contributed by atoms with van der Waals surface area (Å²) in [5, 5.41) is 9.35. The van der Waals surface area contributed by atoms with Gasteiger partial charge < -0.3 is 14.8 Å². The zero-order valence-electron chi connectivity index (χ0n) is 11.2. The maximum Gasteiger partial charge on any atom is 0.322 e. The molecule has 21 heavy (non-hydrogen) atoms. The Balaban J connectivity index is 1.92. The van der Waals surface area contributed by atoms with Crippen molar-refractivity contribution in [1.82, 2.24) is 18.6 Å². The van der Waals surface area contributed by atoms with E-state index in [1.807, 2.05) is 0 Å². The van der Waals surface area contributed by atoms with Gasteiger partial charge in [0.25, 0.3) is 10.2 Å². The van der Waals surface area contributed by atoms with Crippen molar-refractivity contribution < 1.29 is 23.1 Å². The highest BCUT2D eigenvalue weighted by Gasteiger charge is 2.42. The second-order valence-corrected chi connectivity index (χ2v) is 6.83. The van der Waals surface area contributed by atoms with Crippen LogP contribution in [-0.4, -0.2) is 70.4 Å². The number of imidazole rings is 1. The lowest BCUT2D eigenvalue weighted by Crippen LogP contribution is -2.55. The number of H-pyrrole nitrogens is 1. The summed E-state index contributed by atoms with van der Waals surface area (Å²) in [4.78, 5) is 18.4. The van der Waals surface area contributed by atoms with Gasteiger partial charge in [-0.3, -0.25) is 4.79 Å². The number of aliphatic carboxylic acids is 1. The molecule has 1 fully saturated rings. The number of aromatic nitrogens is 2. The predicted molar refractivity (Wildman–Crippen MR) is 70.6 cm³/mol. The van der Waals surface area contributed by atoms with Crippen molar-refractivity contribution in [3.63, 3.8) is 0 Å². The minimum absolute atomic E-state index is 0.00795. The van der Waals surface area contributed by atoms with E-state index in [0.29, 0.717) is 24.6 Å². The van der Waals surface area contributed by atoms with Crippen LogP contribution in [0.4, 0.5) is 0 Å². The van der Waals surface area contributed by atoms with Gasteiger partial charge >= 0.3 is 5.97 Å². The topological polar surface area (TPSA) is 116 Å². The summed E-state index contributed by atoms with van der Waals surface area (Å²) in [6.07, 6.45) is 1.52. The quantitative estimate of drug-likeness (QED) is 0.723. The average molecular weight is 316 g/mol. The molecule has 0 spiro atoms. The van der Waals surface area contributed by atoms with Gasteiger partial charge in [0, 0.05) is 19.5 Å². The highest BCUT2D eigenvalue weighted by molar-refractivity contribution is 7.86. The highest BCUT2D eigenvalue weighted by Crippen LogP contribution is 2.25. The standard InChI is InChI=1S/C11H16N4O5S/c16-11(17)10-5-8-9(13-7-12-8)6-15(10)21(18,19)14-1-3-20-4-2-14/h7,10H,1-6H2,(H,12,13)(H,16,17). The van der Waals surface area contributed by atoms with Crippen molar-refractivity contribution in [2.45, 2.75) is 19.0 Å². The molecule has 0 saturated carbocycles. The van der Waals surface area contributed by atoms with Crippen LogP contribution in [0.3, 0.4) is 0 Å². The zero-order chi connectivity index (χ0) is 15.0. The van der Waals surface area contributed by atoms with Gasteiger partial charge in [0.05, 0.1) is 37.5 Å². The number of ether oxygens (including phenoxy) is 1. The second kappa shape index (κ2) is 5.37. The van der Waals surface area contributed by atoms with Crippen molar-refractivity contribution in [2.75, 3.05) is 26.3 Å². The van der Waals surface area contributed by atoms with E-state index in [4.69, 9.17) is 4.74 Å². The van der Waals surface area contributed by atoms with E-state index in [9.17, 15) is 18.3 Å². The summed E-state index contributed by atoms with van der Waals surface area (Å²) in [6.45, 7) is 1.11. The van der Waals surface area contributed by atoms with Crippen LogP contribution in [-0.2, 0) is 32.7 Å². The lowest BCUT2D eigenvalue weighted by molar-refractivity contribution is -0.142. The molecule has 10 heteroatoms. The van der Waals surface area contributed by atoms with Crippen LogP contribution in [0.25, 0.3) is 0 Å². The summed E-state index contributed by atoms with van der Waals surface area (Å²) in [6, 6.07) is -1.13. The first-order valence-corrected chi connectivity index (χ1v) is 7.98. The van der Waals surface area contributed by atoms with Crippen molar-refractivity contribution in [1.29, 1.82) is 0 Å². The van der Waals surface area contributed by atoms with Crippen LogP contribution in [0.5, 0.6) is 0 Å². The van der Waals surface area contributed by atoms with E-state index >= 15 is 0 Å². The van der Waals surface area contributed by atoms with Crippen molar-refractivity contribution in [3.05, 3.63) is 17.7 Å². The molecule has 2 aliphatic rings. The van der Waals surface area contributed by atoms with E-state index in [1.54, 1.807) is 0 Å². The monoisotopic (exact) mass is 316 g/mol. The molecule has 3 heterocycles. The minimum Gasteiger partial charge on any atom is -0.480 e. The van der Waals surface area contributed by atoms with Crippen LogP contribution in [0, 0.1) is 0 Å². The fourth-order valence-electron chi connectivity index (χ4n) is 2.59. The van der Waals surface area contributed by atoms with Gasteiger partial charge in [0.2, 0.25) is 0 Å². The first kappa shape index (κ1) is 14.4. The van der Waals surface area contributed by atoms with Crippen LogP contribution in [0.2, 0.25) is 0 Å². The van der Waals surface area contributed by atoms with Gasteiger partial charge in [-0.1, -0.05) is 0 Å². The van der Waals surface area contributed by atoms with Crippen LogP contribution in [0.15, 0.2) is 6.33 Å². The van der Waals surface area contributed by atoms with Crippen molar-refractivity contribution >= 4 is 16.2 Å². The number of carboxylic acids is 1. The first-order valence-electron chi connectivity index (χ1n) is 6.58. The fraction of sp³-hybridized carbons (Fsp3) is 0.636. The van der Waals surface area contributed by atoms with Crippen LogP contribution < -0.4 is 0 Å². The number of rotatable bonds is 3. The summed E-state index contributed by atoms with van der Waals surface area (Å²) >= 11 is 0. The molecular formula is C11H16N4O5S. The molecule has 0 aromatic carbocycles. The average Bonchev–Trinajstić information content (AvgIpc) is 2.94. The number of hydrogen-bond acceptors (Lipinski definition) is 5. The molecule has 1 aromatic rings. The highest BCUT2D eigenvalue weighted by atomic mass is 32.2. The molecule has 1 aromatic heterocycles. The Bertz CT molecular complexity index is 637. The lowest BCUT2D eigenvalue weighted by Gasteiger charge is -2.36. The van der Waals surface area contributed by atoms with E-state index in [0.717, 1.165) is 4.31 Å². The molecule has 3 rings (SSSR count). The minimum atomic E-state index is -3.84. The van der Waals surface area contributed by atoms with E-state index < -0.39 is 22.2 Å². The second-order valence-electron chi connectivity index (χ2n) is 4.95. The maximum absolute atomic E-state index is 12.7. The number of carboxylic acid groups (broad SMARTS) is 1. The van der Waals surface area contributed by atoms with Crippen molar-refractivity contribution in [3.8, 4) is 0 Å². The molecule has 2 N–H and O–H groups in total. The molecule has 9 nitrogen and oxygen atoms in total. The Labute approximate surface area is 121 Å². The molecule has 0 amide bonds. The number of morpholine rings is 1. The Hall–Kier alpha value is -1.49. The summed E-state index contributed by atoms with van der Waals surface area (Å²) in [5.41, 5.74) is 1.25. The van der Waals surface area contributed by atoms with Gasteiger partial charge in [0.1, 0.15) is 6.04 Å². The number of nitrogens with one attached hydrogen (secondary N) is 1. The maximum atomic E-state index is 12.7. The number of fused-ring (bicyclic) bond motifs is 1. The van der Waals surface area contributed by atoms with E-state index in [-0.39, 0.29) is 26.1 Å². The molecule has 0 bridgehead atoms. The smallest absolute Gasteiger partial charge is 0.322 e. The zero-order valence-corrected chi connectivity index (χ0v) is 12.0. The van der Waals surface area contributed by atoms with Gasteiger partial charge in [-0.15, -0.1) is 0 Å². The molecule has 116 valence electrons. The SMILES string of the molecule is O=C(O)C1Cc2nc[nH]c2CN1S(=O)(=O)N1CCOCC1. The third-order valence-corrected chi connectivity index (χ3v) is 5.73. The lowest BCUT2D eigenvalue weighted by atomic mass is 10.1. The molecule has 0 radical (unpaired) electrons. The third-order valence-electron chi connectivity index (χ3n) is 3.73. The molecule has 2 aliphatic heterocycles. The Morgan fingerprint density at radius 1 is 1.43 bits per heavy atom.